The number of hydrazine groups is 3. The number of carbonyl (C=O) groups is 7. The van der Waals surface area contributed by atoms with Gasteiger partial charge in [0.1, 0.15) is 17.8 Å². The van der Waals surface area contributed by atoms with E-state index < -0.39 is 77.0 Å². The van der Waals surface area contributed by atoms with Crippen LogP contribution in [0.4, 0.5) is 22.0 Å². The molecule has 0 saturated heterocycles. The number of halogens is 5. The Bertz CT molecular complexity index is 3160. The van der Waals surface area contributed by atoms with Crippen LogP contribution in [0.1, 0.15) is 82.7 Å². The molecule has 2 aromatic rings. The summed E-state index contributed by atoms with van der Waals surface area (Å²) < 4.78 is 162. The summed E-state index contributed by atoms with van der Waals surface area (Å²) in [5, 5.41) is 30.0. The lowest BCUT2D eigenvalue weighted by Gasteiger charge is -2.23. The summed E-state index contributed by atoms with van der Waals surface area (Å²) in [5.74, 6) is -9.54. The average molecular weight is 1820 g/mol. The number of nitrogens with zero attached hydrogens (tertiary/aromatic N) is 4. The minimum Gasteiger partial charge on any atom is -0.420 e. The second kappa shape index (κ2) is 75.6. The van der Waals surface area contributed by atoms with E-state index in [1.54, 1.807) is 17.1 Å². The van der Waals surface area contributed by atoms with Crippen LogP contribution in [-0.4, -0.2) is 335 Å². The van der Waals surface area contributed by atoms with E-state index in [1.165, 1.54) is 0 Å². The first-order valence-electron chi connectivity index (χ1n) is 40.7. The Morgan fingerprint density at radius 3 is 1.37 bits per heavy atom. The van der Waals surface area contributed by atoms with E-state index >= 15 is 0 Å². The van der Waals surface area contributed by atoms with Gasteiger partial charge in [-0.15, -0.1) is 10.6 Å². The van der Waals surface area contributed by atoms with Crippen molar-refractivity contribution < 1.29 is 136 Å². The molecule has 2 atom stereocenters. The number of hydrogen-bond acceptors (Lipinski definition) is 35. The smallest absolute Gasteiger partial charge is 0.313 e. The number of aromatic nitrogens is 3. The van der Waals surface area contributed by atoms with Gasteiger partial charge in [0.2, 0.25) is 70.3 Å². The lowest BCUT2D eigenvalue weighted by Crippen LogP contribution is -2.54. The van der Waals surface area contributed by atoms with Crippen LogP contribution in [0.15, 0.2) is 30.0 Å². The molecule has 0 saturated carbocycles. The van der Waals surface area contributed by atoms with Gasteiger partial charge >= 0.3 is 5.97 Å². The van der Waals surface area contributed by atoms with Crippen molar-refractivity contribution in [3.63, 3.8) is 0 Å². The third-order valence-corrected chi connectivity index (χ3v) is 16.9. The molecule has 0 aliphatic carbocycles. The second-order valence-electron chi connectivity index (χ2n) is 26.1. The first kappa shape index (κ1) is 109. The number of rotatable bonds is 84. The molecule has 1 aromatic heterocycles. The van der Waals surface area contributed by atoms with Gasteiger partial charge in [-0.1, -0.05) is 5.21 Å². The summed E-state index contributed by atoms with van der Waals surface area (Å²) in [6.45, 7) is 10.9. The van der Waals surface area contributed by atoms with Crippen molar-refractivity contribution in [2.24, 2.45) is 5.84 Å². The number of esters is 1. The van der Waals surface area contributed by atoms with E-state index in [9.17, 15) is 55.5 Å². The third kappa shape index (κ3) is 57.8. The van der Waals surface area contributed by atoms with Crippen molar-refractivity contribution in [3.05, 3.63) is 64.8 Å². The predicted octanol–water partition coefficient (Wildman–Crippen LogP) is 0.310. The van der Waals surface area contributed by atoms with Crippen molar-refractivity contribution >= 4 is 79.3 Å². The molecule has 1 aliphatic rings. The SMILES string of the molecule is NN/C(=C\NCCOCCOCCC(=O)NCCCC[C@H](NC(=O)CCCNC(=O)CCOCCOCCN1C=C(COCCOCCS)NN1)C(=O)N[C@@H](CCCCNC(=O)CCOCCOCCn1cc(COCCOCCS)nn1)C(=O)NCCOCCOCCOCCOCCC(=O)Oc1c(F)c(F)c(F)c(F)c1F)COCCOCCS. The Balaban J connectivity index is 1.50. The fraction of sp³-hybridized carbons (Fsp3) is 0.747. The highest BCUT2D eigenvalue weighted by Gasteiger charge is 2.30. The van der Waals surface area contributed by atoms with Crippen LogP contribution in [0, 0.1) is 29.1 Å². The molecule has 0 spiro atoms. The third-order valence-electron chi connectivity index (χ3n) is 16.3. The largest absolute Gasteiger partial charge is 0.420 e. The van der Waals surface area contributed by atoms with Gasteiger partial charge < -0.3 is 129 Å². The maximum absolute atomic E-state index is 14.4. The summed E-state index contributed by atoms with van der Waals surface area (Å²) in [6.07, 6.45) is 6.95. The molecule has 0 bridgehead atoms. The van der Waals surface area contributed by atoms with E-state index in [-0.39, 0.29) is 195 Å². The fourth-order valence-corrected chi connectivity index (χ4v) is 10.5. The molecular formula is C75H128F5N15O24S3. The molecule has 0 radical (unpaired) electrons. The van der Waals surface area contributed by atoms with E-state index in [0.29, 0.717) is 180 Å². The fourth-order valence-electron chi connectivity index (χ4n) is 10.1. The Labute approximate surface area is 725 Å². The molecule has 6 amide bonds. The molecule has 1 aliphatic heterocycles. The summed E-state index contributed by atoms with van der Waals surface area (Å²) in [6, 6.07) is -2.24. The topological polar surface area (TPSA) is 457 Å². The highest BCUT2D eigenvalue weighted by molar-refractivity contribution is 7.80. The van der Waals surface area contributed by atoms with E-state index in [0.717, 1.165) is 5.70 Å². The van der Waals surface area contributed by atoms with Crippen LogP contribution in [0.2, 0.25) is 0 Å². The Morgan fingerprint density at radius 1 is 0.426 bits per heavy atom. The van der Waals surface area contributed by atoms with E-state index in [2.05, 4.69) is 107 Å². The normalized spacial score (nSPS) is 12.6. The lowest BCUT2D eigenvalue weighted by molar-refractivity contribution is -0.136. The van der Waals surface area contributed by atoms with Gasteiger partial charge in [-0.3, -0.25) is 44.4 Å². The minimum atomic E-state index is -2.40. The minimum absolute atomic E-state index is 0.0213. The second-order valence-corrected chi connectivity index (χ2v) is 27.4. The van der Waals surface area contributed by atoms with Crippen molar-refractivity contribution in [1.29, 1.82) is 0 Å². The number of hydrogen-bond donors (Lipinski definition) is 14. The molecule has 1 aromatic carbocycles. The van der Waals surface area contributed by atoms with Crippen LogP contribution in [0.3, 0.4) is 0 Å². The number of thiol groups is 3. The molecule has 700 valence electrons. The number of ether oxygens (including phenoxy) is 17. The number of carbonyl (C=O) groups excluding carboxylic acids is 7. The van der Waals surface area contributed by atoms with Gasteiger partial charge in [0, 0.05) is 88.1 Å². The first-order chi connectivity index (χ1) is 59.5. The number of amides is 6. The molecule has 0 fully saturated rings. The highest BCUT2D eigenvalue weighted by Crippen LogP contribution is 2.29. The summed E-state index contributed by atoms with van der Waals surface area (Å²) in [7, 11) is 0. The summed E-state index contributed by atoms with van der Waals surface area (Å²) in [5.41, 5.74) is 10.8. The van der Waals surface area contributed by atoms with Crippen molar-refractivity contribution in [1.82, 2.24) is 73.6 Å². The van der Waals surface area contributed by atoms with Gasteiger partial charge in [0.15, 0.2) is 0 Å². The Morgan fingerprint density at radius 2 is 0.852 bits per heavy atom. The zero-order valence-electron chi connectivity index (χ0n) is 69.5. The van der Waals surface area contributed by atoms with Gasteiger partial charge in [-0.25, -0.2) is 17.9 Å². The van der Waals surface area contributed by atoms with Gasteiger partial charge in [-0.2, -0.15) is 46.7 Å². The Hall–Kier alpha value is -6.69. The molecule has 12 N–H and O–H groups in total. The quantitative estimate of drug-likeness (QED) is 0.00488. The molecule has 0 unspecified atom stereocenters. The van der Waals surface area contributed by atoms with Crippen LogP contribution >= 0.6 is 37.9 Å². The monoisotopic (exact) mass is 1810 g/mol. The van der Waals surface area contributed by atoms with Gasteiger partial charge in [-0.05, 0) is 44.9 Å². The number of unbranched alkanes of at least 4 members (excludes halogenated alkanes) is 2. The van der Waals surface area contributed by atoms with Crippen molar-refractivity contribution in [2.45, 2.75) is 102 Å². The lowest BCUT2D eigenvalue weighted by atomic mass is 10.0. The van der Waals surface area contributed by atoms with Gasteiger partial charge in [0.25, 0.3) is 0 Å². The molecule has 122 heavy (non-hydrogen) atoms. The van der Waals surface area contributed by atoms with Crippen LogP contribution in [0.5, 0.6) is 5.75 Å². The zero-order valence-corrected chi connectivity index (χ0v) is 72.1. The van der Waals surface area contributed by atoms with Crippen molar-refractivity contribution in [2.75, 3.05) is 261 Å². The molecule has 2 heterocycles. The predicted molar refractivity (Wildman–Crippen MR) is 441 cm³/mol. The molecule has 3 rings (SSSR count). The molecular weight excluding hydrogens is 1690 g/mol. The van der Waals surface area contributed by atoms with Crippen LogP contribution < -0.4 is 64.2 Å². The Kier molecular flexibility index (Phi) is 67.9. The maximum Gasteiger partial charge on any atom is 0.313 e. The number of nitrogens with two attached hydrogens (primary N) is 1. The summed E-state index contributed by atoms with van der Waals surface area (Å²) >= 11 is 12.3. The van der Waals surface area contributed by atoms with Crippen LogP contribution in [0.25, 0.3) is 0 Å². The summed E-state index contributed by atoms with van der Waals surface area (Å²) in [4.78, 5) is 92.2. The zero-order chi connectivity index (χ0) is 88.4. The standard InChI is InChI=1S/C75H128F5N15O24S3/c76-68-69(77)71(79)73(72(80)70(68)78)119-67(100)12-23-106-31-36-111-38-39-112-37-33-108-25-17-86-74(101)61(6-1-3-13-83-64(97)10-21-104-29-34-109-26-18-94-53-59(90-92-94)56-117-44-41-114-47-50-121)88-75(102)62(7-2-4-14-84-63(96)9-20-103-28-32-107-24-16-82-52-58(89-81)55-116-43-40-113-46-49-120)87-66(99)8-5-15-85-65(98)11-22-105-30-35-110-27-19-95-54-60(91-93-95)57-118-45-42-115-48-51-122/h52-54,61-62,82,89,91,93,120-122H,1-51,55-57,81H2,(H,83,97)(H,84,96)(H,85,98)(H,86,101)(H,87,99)(H,88,102)/b58-52-/t61-,62-/m0/s1. The highest BCUT2D eigenvalue weighted by atomic mass is 32.1. The average Bonchev–Trinajstić information content (AvgIpc) is 0.971. The van der Waals surface area contributed by atoms with Crippen molar-refractivity contribution in [3.8, 4) is 5.75 Å². The number of nitrogens with one attached hydrogen (secondary N) is 10. The molecule has 47 heteroatoms. The van der Waals surface area contributed by atoms with E-state index in [1.807, 2.05) is 11.2 Å². The van der Waals surface area contributed by atoms with Gasteiger partial charge in [0.05, 0.1) is 249 Å². The first-order valence-corrected chi connectivity index (χ1v) is 42.6. The van der Waals surface area contributed by atoms with Crippen LogP contribution in [-0.2, 0) is 123 Å². The maximum atomic E-state index is 14.4. The number of benzene rings is 1. The molecule has 39 nitrogen and oxygen atoms in total. The van der Waals surface area contributed by atoms with E-state index in [4.69, 9.17) is 81.6 Å².